The summed E-state index contributed by atoms with van der Waals surface area (Å²) in [6.07, 6.45) is -0.415. The average Bonchev–Trinajstić information content (AvgIpc) is 2.22. The topological polar surface area (TPSA) is 99.1 Å². The van der Waals surface area contributed by atoms with Crippen LogP contribution in [0.5, 0.6) is 0 Å². The number of aliphatic carboxylic acids is 1. The number of carbonyl (C=O) groups is 3. The van der Waals surface area contributed by atoms with Crippen molar-refractivity contribution in [1.29, 1.82) is 0 Å². The average molecular weight is 260 g/mol. The number of rotatable bonds is 6. The Morgan fingerprint density at radius 1 is 1.11 bits per heavy atom. The number of carboxylic acid groups (broad SMARTS) is 1. The Labute approximate surface area is 104 Å². The van der Waals surface area contributed by atoms with Gasteiger partial charge in [-0.15, -0.1) is 0 Å². The van der Waals surface area contributed by atoms with E-state index in [1.54, 1.807) is 13.8 Å². The number of carbonyl (C=O) groups excluding carboxylic acids is 2. The van der Waals surface area contributed by atoms with Gasteiger partial charge >= 0.3 is 18.1 Å². The molecule has 0 aliphatic carbocycles. The van der Waals surface area contributed by atoms with Crippen LogP contribution in [0.2, 0.25) is 0 Å². The van der Waals surface area contributed by atoms with E-state index in [1.165, 1.54) is 6.92 Å². The van der Waals surface area contributed by atoms with E-state index in [2.05, 4.69) is 4.74 Å². The van der Waals surface area contributed by atoms with Gasteiger partial charge in [-0.2, -0.15) is 0 Å². The van der Waals surface area contributed by atoms with Crippen molar-refractivity contribution in [2.75, 3.05) is 6.61 Å². The second-order valence-corrected chi connectivity index (χ2v) is 3.65. The molecule has 0 aliphatic heterocycles. The third-order valence-electron chi connectivity index (χ3n) is 1.45. The van der Waals surface area contributed by atoms with Gasteiger partial charge in [0.25, 0.3) is 0 Å². The Balaban J connectivity index is 3.89. The summed E-state index contributed by atoms with van der Waals surface area (Å²) >= 11 is 0. The van der Waals surface area contributed by atoms with Crippen LogP contribution in [0.1, 0.15) is 20.8 Å². The summed E-state index contributed by atoms with van der Waals surface area (Å²) in [5.74, 6) is -2.08. The van der Waals surface area contributed by atoms with Gasteiger partial charge in [-0.25, -0.2) is 14.4 Å². The number of ether oxygens (including phenoxy) is 3. The fourth-order valence-electron chi connectivity index (χ4n) is 0.805. The smallest absolute Gasteiger partial charge is 0.478 e. The lowest BCUT2D eigenvalue weighted by Crippen LogP contribution is -2.24. The molecule has 0 bridgehead atoms. The first-order valence-electron chi connectivity index (χ1n) is 5.26. The van der Waals surface area contributed by atoms with Crippen LogP contribution in [0.25, 0.3) is 0 Å². The molecule has 0 fully saturated rings. The van der Waals surface area contributed by atoms with Crippen molar-refractivity contribution in [1.82, 2.24) is 0 Å². The molecule has 102 valence electrons. The molecule has 18 heavy (non-hydrogen) atoms. The molecule has 0 saturated carbocycles. The normalized spacial score (nSPS) is 12.2. The summed E-state index contributed by atoms with van der Waals surface area (Å²) in [7, 11) is 0. The molecule has 0 aliphatic rings. The van der Waals surface area contributed by atoms with Crippen LogP contribution in [0, 0.1) is 0 Å². The van der Waals surface area contributed by atoms with Crippen LogP contribution in [-0.2, 0) is 23.8 Å². The van der Waals surface area contributed by atoms with Crippen LogP contribution >= 0.6 is 0 Å². The second kappa shape index (κ2) is 8.10. The minimum Gasteiger partial charge on any atom is -0.478 e. The third kappa shape index (κ3) is 9.20. The van der Waals surface area contributed by atoms with Gasteiger partial charge < -0.3 is 19.3 Å². The van der Waals surface area contributed by atoms with E-state index in [0.29, 0.717) is 6.08 Å². The number of esters is 1. The molecule has 0 aromatic carbocycles. The molecule has 1 unspecified atom stereocenters. The van der Waals surface area contributed by atoms with E-state index in [1.807, 2.05) is 0 Å². The first-order chi connectivity index (χ1) is 8.31. The molecule has 0 aromatic rings. The number of hydrogen-bond donors (Lipinski definition) is 1. The van der Waals surface area contributed by atoms with E-state index in [-0.39, 0.29) is 12.7 Å². The Hall–Kier alpha value is -2.05. The summed E-state index contributed by atoms with van der Waals surface area (Å²) in [6, 6.07) is 0. The molecule has 0 rings (SSSR count). The van der Waals surface area contributed by atoms with E-state index < -0.39 is 24.2 Å². The molecule has 0 radical (unpaired) electrons. The highest BCUT2D eigenvalue weighted by Gasteiger charge is 2.13. The van der Waals surface area contributed by atoms with Crippen LogP contribution in [0.3, 0.4) is 0 Å². The maximum Gasteiger partial charge on any atom is 0.508 e. The summed E-state index contributed by atoms with van der Waals surface area (Å²) in [6.45, 7) is 4.66. The third-order valence-corrected chi connectivity index (χ3v) is 1.45. The minimum absolute atomic E-state index is 0.185. The predicted molar refractivity (Wildman–Crippen MR) is 59.9 cm³/mol. The first-order valence-corrected chi connectivity index (χ1v) is 5.26. The molecule has 0 aromatic heterocycles. The van der Waals surface area contributed by atoms with Crippen molar-refractivity contribution in [3.63, 3.8) is 0 Å². The zero-order chi connectivity index (χ0) is 14.1. The highest BCUT2D eigenvalue weighted by Crippen LogP contribution is 1.99. The van der Waals surface area contributed by atoms with Crippen LogP contribution in [0.4, 0.5) is 4.79 Å². The van der Waals surface area contributed by atoms with Crippen LogP contribution < -0.4 is 0 Å². The monoisotopic (exact) mass is 260 g/mol. The van der Waals surface area contributed by atoms with Gasteiger partial charge in [-0.3, -0.25) is 0 Å². The Morgan fingerprint density at radius 2 is 1.72 bits per heavy atom. The highest BCUT2D eigenvalue weighted by molar-refractivity contribution is 5.90. The van der Waals surface area contributed by atoms with Crippen LogP contribution in [-0.4, -0.2) is 42.0 Å². The SMILES string of the molecule is CC(C)OC(=O)OC(C)COC(=O)C=CC(=O)O. The van der Waals surface area contributed by atoms with Gasteiger partial charge in [-0.05, 0) is 20.8 Å². The lowest BCUT2D eigenvalue weighted by atomic mass is 10.4. The van der Waals surface area contributed by atoms with E-state index in [4.69, 9.17) is 14.6 Å². The zero-order valence-electron chi connectivity index (χ0n) is 10.4. The Morgan fingerprint density at radius 3 is 2.22 bits per heavy atom. The summed E-state index contributed by atoms with van der Waals surface area (Å²) in [5, 5.41) is 8.26. The summed E-state index contributed by atoms with van der Waals surface area (Å²) < 4.78 is 14.1. The van der Waals surface area contributed by atoms with Gasteiger partial charge in [0, 0.05) is 12.2 Å². The van der Waals surface area contributed by atoms with E-state index in [0.717, 1.165) is 6.08 Å². The number of carboxylic acids is 1. The van der Waals surface area contributed by atoms with Gasteiger partial charge in [0.1, 0.15) is 12.7 Å². The van der Waals surface area contributed by atoms with Gasteiger partial charge in [0.15, 0.2) is 0 Å². The van der Waals surface area contributed by atoms with Crippen molar-refractivity contribution >= 4 is 18.1 Å². The molecule has 0 heterocycles. The lowest BCUT2D eigenvalue weighted by Gasteiger charge is -2.14. The summed E-state index contributed by atoms with van der Waals surface area (Å²) in [4.78, 5) is 32.1. The van der Waals surface area contributed by atoms with Crippen molar-refractivity contribution < 1.29 is 33.7 Å². The Kier molecular flexibility index (Phi) is 7.18. The molecule has 0 amide bonds. The molecule has 7 nitrogen and oxygen atoms in total. The van der Waals surface area contributed by atoms with Gasteiger partial charge in [0.2, 0.25) is 0 Å². The van der Waals surface area contributed by atoms with Crippen molar-refractivity contribution in [3.05, 3.63) is 12.2 Å². The molecule has 1 atom stereocenters. The maximum absolute atomic E-state index is 11.0. The lowest BCUT2D eigenvalue weighted by molar-refractivity contribution is -0.141. The standard InChI is InChI=1S/C11H16O7/c1-7(2)17-11(15)18-8(3)6-16-10(14)5-4-9(12)13/h4-5,7-8H,6H2,1-3H3,(H,12,13). The largest absolute Gasteiger partial charge is 0.508 e. The molecular weight excluding hydrogens is 244 g/mol. The van der Waals surface area contributed by atoms with Crippen molar-refractivity contribution in [2.24, 2.45) is 0 Å². The fraction of sp³-hybridized carbons (Fsp3) is 0.545. The molecule has 0 saturated heterocycles. The first kappa shape index (κ1) is 16.0. The van der Waals surface area contributed by atoms with Crippen molar-refractivity contribution in [2.45, 2.75) is 33.0 Å². The number of hydrogen-bond acceptors (Lipinski definition) is 6. The Bertz CT molecular complexity index is 332. The molecule has 1 N–H and O–H groups in total. The minimum atomic E-state index is -1.25. The molecule has 7 heteroatoms. The molecular formula is C11H16O7. The van der Waals surface area contributed by atoms with Crippen LogP contribution in [0.15, 0.2) is 12.2 Å². The quantitative estimate of drug-likeness (QED) is 0.564. The summed E-state index contributed by atoms with van der Waals surface area (Å²) in [5.41, 5.74) is 0. The fourth-order valence-corrected chi connectivity index (χ4v) is 0.805. The maximum atomic E-state index is 11.0. The van der Waals surface area contributed by atoms with E-state index >= 15 is 0 Å². The van der Waals surface area contributed by atoms with E-state index in [9.17, 15) is 14.4 Å². The van der Waals surface area contributed by atoms with Crippen molar-refractivity contribution in [3.8, 4) is 0 Å². The van der Waals surface area contributed by atoms with Gasteiger partial charge in [-0.1, -0.05) is 0 Å². The highest BCUT2D eigenvalue weighted by atomic mass is 16.7. The zero-order valence-corrected chi connectivity index (χ0v) is 10.4. The van der Waals surface area contributed by atoms with Gasteiger partial charge in [0.05, 0.1) is 6.10 Å². The molecule has 0 spiro atoms. The second-order valence-electron chi connectivity index (χ2n) is 3.65. The predicted octanol–water partition coefficient (Wildman–Crippen LogP) is 1.12.